The van der Waals surface area contributed by atoms with Gasteiger partial charge in [-0.15, -0.1) is 0 Å². The van der Waals surface area contributed by atoms with Crippen LogP contribution in [0.25, 0.3) is 0 Å². The summed E-state index contributed by atoms with van der Waals surface area (Å²) in [6.45, 7) is 0.205. The maximum Gasteiger partial charge on any atom is 0.338 e. The Morgan fingerprint density at radius 3 is 2.46 bits per heavy atom. The maximum atomic E-state index is 11.7. The fraction of sp³-hybridized carbons (Fsp3) is 0.222. The van der Waals surface area contributed by atoms with Crippen LogP contribution in [0, 0.1) is 0 Å². The molecule has 0 aliphatic rings. The highest BCUT2D eigenvalue weighted by Gasteiger charge is 2.09. The van der Waals surface area contributed by atoms with Gasteiger partial charge in [-0.2, -0.15) is 11.8 Å². The molecule has 1 amide bonds. The standard InChI is InChI=1S/C18H19NO4S/c20-16-8-6-15(7-9-16)18(22)23-12-17(21)19-10-11-24-13-14-4-2-1-3-5-14/h1-9,20H,10-13H2,(H,19,21). The Balaban J connectivity index is 1.58. The molecule has 0 bridgehead atoms. The van der Waals surface area contributed by atoms with E-state index in [4.69, 9.17) is 9.84 Å². The van der Waals surface area contributed by atoms with E-state index >= 15 is 0 Å². The van der Waals surface area contributed by atoms with Crippen LogP contribution in [0.2, 0.25) is 0 Å². The molecule has 126 valence electrons. The second kappa shape index (κ2) is 9.62. The zero-order chi connectivity index (χ0) is 17.2. The highest BCUT2D eigenvalue weighted by atomic mass is 32.2. The van der Waals surface area contributed by atoms with Crippen LogP contribution >= 0.6 is 11.8 Å². The fourth-order valence-electron chi connectivity index (χ4n) is 1.89. The van der Waals surface area contributed by atoms with E-state index in [2.05, 4.69) is 17.4 Å². The monoisotopic (exact) mass is 345 g/mol. The zero-order valence-electron chi connectivity index (χ0n) is 13.1. The van der Waals surface area contributed by atoms with Gasteiger partial charge in [0, 0.05) is 18.1 Å². The summed E-state index contributed by atoms with van der Waals surface area (Å²) in [6.07, 6.45) is 0. The Hall–Kier alpha value is -2.47. The molecule has 0 fully saturated rings. The number of ether oxygens (including phenoxy) is 1. The Kier molecular flexibility index (Phi) is 7.17. The molecule has 2 aromatic carbocycles. The van der Waals surface area contributed by atoms with Crippen molar-refractivity contribution >= 4 is 23.6 Å². The van der Waals surface area contributed by atoms with E-state index in [0.717, 1.165) is 11.5 Å². The Morgan fingerprint density at radius 1 is 1.04 bits per heavy atom. The van der Waals surface area contributed by atoms with Crippen LogP contribution in [-0.4, -0.2) is 35.9 Å². The molecule has 0 saturated carbocycles. The number of carbonyl (C=O) groups is 2. The molecule has 0 saturated heterocycles. The van der Waals surface area contributed by atoms with Crippen molar-refractivity contribution in [3.8, 4) is 5.75 Å². The fourth-order valence-corrected chi connectivity index (χ4v) is 2.71. The van der Waals surface area contributed by atoms with E-state index in [-0.39, 0.29) is 18.3 Å². The van der Waals surface area contributed by atoms with Crippen molar-refractivity contribution in [2.24, 2.45) is 0 Å². The van der Waals surface area contributed by atoms with Gasteiger partial charge >= 0.3 is 5.97 Å². The first-order valence-corrected chi connectivity index (χ1v) is 8.65. The maximum absolute atomic E-state index is 11.7. The van der Waals surface area contributed by atoms with Gasteiger partial charge in [0.1, 0.15) is 5.75 Å². The van der Waals surface area contributed by atoms with Crippen molar-refractivity contribution in [1.29, 1.82) is 0 Å². The predicted molar refractivity (Wildman–Crippen MR) is 94.0 cm³/mol. The van der Waals surface area contributed by atoms with Gasteiger partial charge in [-0.05, 0) is 29.8 Å². The summed E-state index contributed by atoms with van der Waals surface area (Å²) < 4.78 is 4.92. The molecule has 6 heteroatoms. The van der Waals surface area contributed by atoms with E-state index in [1.165, 1.54) is 29.8 Å². The van der Waals surface area contributed by atoms with Gasteiger partial charge in [0.15, 0.2) is 6.61 Å². The molecule has 2 aromatic rings. The first-order valence-electron chi connectivity index (χ1n) is 7.49. The van der Waals surface area contributed by atoms with Crippen LogP contribution in [0.5, 0.6) is 5.75 Å². The molecule has 2 N–H and O–H groups in total. The van der Waals surface area contributed by atoms with Gasteiger partial charge in [-0.25, -0.2) is 4.79 Å². The minimum atomic E-state index is -0.594. The quantitative estimate of drug-likeness (QED) is 0.568. The average molecular weight is 345 g/mol. The number of phenolic OH excluding ortho intramolecular Hbond substituents is 1. The number of aromatic hydroxyl groups is 1. The van der Waals surface area contributed by atoms with Gasteiger partial charge < -0.3 is 15.2 Å². The first-order chi connectivity index (χ1) is 11.6. The van der Waals surface area contributed by atoms with Crippen molar-refractivity contribution in [2.75, 3.05) is 18.9 Å². The van der Waals surface area contributed by atoms with Crippen LogP contribution in [-0.2, 0) is 15.3 Å². The number of esters is 1. The number of carbonyl (C=O) groups excluding carboxylic acids is 2. The smallest absolute Gasteiger partial charge is 0.338 e. The van der Waals surface area contributed by atoms with Gasteiger partial charge in [0.05, 0.1) is 5.56 Å². The molecule has 5 nitrogen and oxygen atoms in total. The average Bonchev–Trinajstić information content (AvgIpc) is 2.61. The predicted octanol–water partition coefficient (Wildman–Crippen LogP) is 2.60. The number of thioether (sulfide) groups is 1. The Labute approximate surface area is 145 Å². The van der Waals surface area contributed by atoms with Gasteiger partial charge in [0.25, 0.3) is 5.91 Å². The second-order valence-corrected chi connectivity index (χ2v) is 6.12. The lowest BCUT2D eigenvalue weighted by atomic mass is 10.2. The molecular formula is C18H19NO4S. The highest BCUT2D eigenvalue weighted by Crippen LogP contribution is 2.11. The zero-order valence-corrected chi connectivity index (χ0v) is 13.9. The Bertz CT molecular complexity index is 658. The summed E-state index contributed by atoms with van der Waals surface area (Å²) in [6, 6.07) is 15.8. The molecule has 24 heavy (non-hydrogen) atoms. The normalized spacial score (nSPS) is 10.2. The minimum absolute atomic E-state index is 0.0669. The highest BCUT2D eigenvalue weighted by molar-refractivity contribution is 7.98. The largest absolute Gasteiger partial charge is 0.508 e. The van der Waals surface area contributed by atoms with E-state index in [9.17, 15) is 9.59 Å². The number of phenols is 1. The first kappa shape index (κ1) is 17.9. The number of benzene rings is 2. The van der Waals surface area contributed by atoms with Crippen molar-refractivity contribution in [1.82, 2.24) is 5.32 Å². The number of nitrogens with one attached hydrogen (secondary N) is 1. The topological polar surface area (TPSA) is 75.6 Å². The van der Waals surface area contributed by atoms with Gasteiger partial charge in [0.2, 0.25) is 0 Å². The van der Waals surface area contributed by atoms with Crippen LogP contribution in [0.4, 0.5) is 0 Å². The van der Waals surface area contributed by atoms with Gasteiger partial charge in [-0.3, -0.25) is 4.79 Å². The molecule has 0 spiro atoms. The Morgan fingerprint density at radius 2 is 1.75 bits per heavy atom. The van der Waals surface area contributed by atoms with Crippen molar-refractivity contribution in [2.45, 2.75) is 5.75 Å². The van der Waals surface area contributed by atoms with Crippen molar-refractivity contribution < 1.29 is 19.4 Å². The minimum Gasteiger partial charge on any atom is -0.508 e. The van der Waals surface area contributed by atoms with E-state index in [0.29, 0.717) is 12.1 Å². The van der Waals surface area contributed by atoms with Crippen LogP contribution < -0.4 is 5.32 Å². The third-order valence-electron chi connectivity index (χ3n) is 3.12. The third-order valence-corrected chi connectivity index (χ3v) is 4.15. The molecule has 0 unspecified atom stereocenters. The summed E-state index contributed by atoms with van der Waals surface area (Å²) in [5.41, 5.74) is 1.54. The SMILES string of the molecule is O=C(COC(=O)c1ccc(O)cc1)NCCSCc1ccccc1. The molecule has 0 aromatic heterocycles. The molecule has 0 aliphatic carbocycles. The van der Waals surface area contributed by atoms with E-state index in [1.807, 2.05) is 18.2 Å². The molecule has 0 aliphatic heterocycles. The van der Waals surface area contributed by atoms with Crippen LogP contribution in [0.3, 0.4) is 0 Å². The van der Waals surface area contributed by atoms with E-state index < -0.39 is 5.97 Å². The van der Waals surface area contributed by atoms with E-state index in [1.54, 1.807) is 11.8 Å². The molecule has 0 heterocycles. The summed E-state index contributed by atoms with van der Waals surface area (Å²) in [5, 5.41) is 11.9. The lowest BCUT2D eigenvalue weighted by Crippen LogP contribution is -2.30. The van der Waals surface area contributed by atoms with Crippen LogP contribution in [0.1, 0.15) is 15.9 Å². The lowest BCUT2D eigenvalue weighted by molar-refractivity contribution is -0.124. The molecule has 0 radical (unpaired) electrons. The lowest BCUT2D eigenvalue weighted by Gasteiger charge is -2.07. The summed E-state index contributed by atoms with van der Waals surface area (Å²) in [5.74, 6) is 0.822. The third kappa shape index (κ3) is 6.34. The van der Waals surface area contributed by atoms with Crippen LogP contribution in [0.15, 0.2) is 54.6 Å². The number of amides is 1. The van der Waals surface area contributed by atoms with Crippen molar-refractivity contribution in [3.05, 3.63) is 65.7 Å². The molecular weight excluding hydrogens is 326 g/mol. The summed E-state index contributed by atoms with van der Waals surface area (Å²) in [7, 11) is 0. The van der Waals surface area contributed by atoms with Crippen molar-refractivity contribution in [3.63, 3.8) is 0 Å². The van der Waals surface area contributed by atoms with Gasteiger partial charge in [-0.1, -0.05) is 30.3 Å². The number of hydrogen-bond donors (Lipinski definition) is 2. The number of rotatable bonds is 8. The second-order valence-electron chi connectivity index (χ2n) is 5.01. The molecule has 2 rings (SSSR count). The molecule has 0 atom stereocenters. The summed E-state index contributed by atoms with van der Waals surface area (Å²) in [4.78, 5) is 23.3. The summed E-state index contributed by atoms with van der Waals surface area (Å²) >= 11 is 1.72. The number of hydrogen-bond acceptors (Lipinski definition) is 5.